The molecule has 5 heteroatoms. The van der Waals surface area contributed by atoms with Crippen LogP contribution in [0, 0.1) is 0 Å². The zero-order chi connectivity index (χ0) is 13.0. The summed E-state index contributed by atoms with van der Waals surface area (Å²) in [5.41, 5.74) is 1.19. The van der Waals surface area contributed by atoms with Crippen LogP contribution in [0.5, 0.6) is 5.75 Å². The van der Waals surface area contributed by atoms with Gasteiger partial charge in [-0.3, -0.25) is 4.79 Å². The van der Waals surface area contributed by atoms with Crippen LogP contribution >= 0.6 is 27.3 Å². The first-order chi connectivity index (χ1) is 8.72. The van der Waals surface area contributed by atoms with E-state index in [0.717, 1.165) is 4.47 Å². The van der Waals surface area contributed by atoms with Crippen LogP contribution in [-0.4, -0.2) is 19.7 Å². The number of carbonyl (C=O) groups excluding carboxylic acids is 1. The van der Waals surface area contributed by atoms with Crippen molar-refractivity contribution >= 4 is 33.0 Å². The maximum absolute atomic E-state index is 12.3. The summed E-state index contributed by atoms with van der Waals surface area (Å²) in [6, 6.07) is 7.14. The summed E-state index contributed by atoms with van der Waals surface area (Å²) in [6.07, 6.45) is 0. The molecule has 0 bridgehead atoms. The van der Waals surface area contributed by atoms with Crippen molar-refractivity contribution in [1.82, 2.24) is 0 Å². The van der Waals surface area contributed by atoms with Gasteiger partial charge in [-0.1, -0.05) is 15.9 Å². The first-order valence-electron chi connectivity index (χ1n) is 5.20. The minimum atomic E-state index is -0.0522. The molecule has 0 fully saturated rings. The molecule has 0 amide bonds. The van der Waals surface area contributed by atoms with Crippen LogP contribution in [0.3, 0.4) is 0 Å². The van der Waals surface area contributed by atoms with Gasteiger partial charge in [-0.2, -0.15) is 11.3 Å². The van der Waals surface area contributed by atoms with Crippen LogP contribution in [0.25, 0.3) is 0 Å². The summed E-state index contributed by atoms with van der Waals surface area (Å²) < 4.78 is 11.1. The van der Waals surface area contributed by atoms with Crippen LogP contribution < -0.4 is 4.74 Å². The number of hydrogen-bond acceptors (Lipinski definition) is 4. The number of benzene rings is 1. The molecule has 1 aromatic carbocycles. The molecule has 0 unspecified atom stereocenters. The van der Waals surface area contributed by atoms with Gasteiger partial charge in [0.25, 0.3) is 0 Å². The monoisotopic (exact) mass is 326 g/mol. The Morgan fingerprint density at radius 2 is 2.22 bits per heavy atom. The summed E-state index contributed by atoms with van der Waals surface area (Å²) >= 11 is 4.85. The van der Waals surface area contributed by atoms with Gasteiger partial charge in [0.05, 0.1) is 5.56 Å². The summed E-state index contributed by atoms with van der Waals surface area (Å²) in [7, 11) is 1.54. The number of ketones is 1. The number of rotatable bonds is 5. The summed E-state index contributed by atoms with van der Waals surface area (Å²) in [4.78, 5) is 12.3. The van der Waals surface area contributed by atoms with E-state index in [-0.39, 0.29) is 12.6 Å². The second-order valence-electron chi connectivity index (χ2n) is 3.53. The molecule has 0 spiro atoms. The average molecular weight is 327 g/mol. The molecule has 0 aliphatic heterocycles. The number of carbonyl (C=O) groups is 1. The molecule has 0 aliphatic carbocycles. The molecule has 0 saturated heterocycles. The highest BCUT2D eigenvalue weighted by atomic mass is 79.9. The lowest BCUT2D eigenvalue weighted by atomic mass is 10.1. The van der Waals surface area contributed by atoms with Crippen LogP contribution in [0.2, 0.25) is 0 Å². The quantitative estimate of drug-likeness (QED) is 0.620. The van der Waals surface area contributed by atoms with Crippen molar-refractivity contribution < 1.29 is 14.3 Å². The fourth-order valence-electron chi connectivity index (χ4n) is 1.48. The molecule has 18 heavy (non-hydrogen) atoms. The zero-order valence-electron chi connectivity index (χ0n) is 9.68. The minimum Gasteiger partial charge on any atom is -0.467 e. The van der Waals surface area contributed by atoms with Gasteiger partial charge < -0.3 is 9.47 Å². The Morgan fingerprint density at radius 3 is 2.89 bits per heavy atom. The highest BCUT2D eigenvalue weighted by Crippen LogP contribution is 2.26. The Labute approximate surface area is 117 Å². The molecule has 2 rings (SSSR count). The van der Waals surface area contributed by atoms with E-state index in [2.05, 4.69) is 15.9 Å². The van der Waals surface area contributed by atoms with Gasteiger partial charge in [0.1, 0.15) is 5.75 Å². The molecular weight excluding hydrogens is 316 g/mol. The topological polar surface area (TPSA) is 35.5 Å². The van der Waals surface area contributed by atoms with Crippen molar-refractivity contribution in [3.63, 3.8) is 0 Å². The number of ether oxygens (including phenoxy) is 2. The lowest BCUT2D eigenvalue weighted by molar-refractivity contribution is 0.0503. The standard InChI is InChI=1S/C13H11BrO3S/c1-16-8-17-12-3-2-10(14)6-11(12)13(15)9-4-5-18-7-9/h2-7H,8H2,1H3. The third-order valence-electron chi connectivity index (χ3n) is 2.30. The SMILES string of the molecule is COCOc1ccc(Br)cc1C(=O)c1ccsc1. The minimum absolute atomic E-state index is 0.0522. The van der Waals surface area contributed by atoms with Crippen LogP contribution in [0.4, 0.5) is 0 Å². The van der Waals surface area contributed by atoms with E-state index < -0.39 is 0 Å². The van der Waals surface area contributed by atoms with Crippen molar-refractivity contribution in [3.8, 4) is 5.75 Å². The van der Waals surface area contributed by atoms with Gasteiger partial charge in [0, 0.05) is 22.5 Å². The van der Waals surface area contributed by atoms with E-state index in [1.54, 1.807) is 25.3 Å². The van der Waals surface area contributed by atoms with Gasteiger partial charge >= 0.3 is 0 Å². The largest absolute Gasteiger partial charge is 0.467 e. The van der Waals surface area contributed by atoms with E-state index in [1.807, 2.05) is 16.8 Å². The number of thiophene rings is 1. The van der Waals surface area contributed by atoms with E-state index in [4.69, 9.17) is 9.47 Å². The first-order valence-corrected chi connectivity index (χ1v) is 6.94. The Kier molecular flexibility index (Phi) is 4.52. The maximum atomic E-state index is 12.3. The van der Waals surface area contributed by atoms with Gasteiger partial charge in [-0.05, 0) is 29.6 Å². The second-order valence-corrected chi connectivity index (χ2v) is 5.23. The lowest BCUT2D eigenvalue weighted by Crippen LogP contribution is -2.06. The predicted octanol–water partition coefficient (Wildman–Crippen LogP) is 3.72. The fraction of sp³-hybridized carbons (Fsp3) is 0.154. The molecule has 0 N–H and O–H groups in total. The fourth-order valence-corrected chi connectivity index (χ4v) is 2.47. The van der Waals surface area contributed by atoms with Gasteiger partial charge in [0.2, 0.25) is 0 Å². The summed E-state index contributed by atoms with van der Waals surface area (Å²) in [6.45, 7) is 0.117. The van der Waals surface area contributed by atoms with E-state index in [0.29, 0.717) is 16.9 Å². The summed E-state index contributed by atoms with van der Waals surface area (Å²) in [5, 5.41) is 3.70. The number of halogens is 1. The Hall–Kier alpha value is -1.17. The molecule has 0 saturated carbocycles. The van der Waals surface area contributed by atoms with Gasteiger partial charge in [-0.15, -0.1) is 0 Å². The molecule has 0 atom stereocenters. The lowest BCUT2D eigenvalue weighted by Gasteiger charge is -2.10. The summed E-state index contributed by atoms with van der Waals surface area (Å²) in [5.74, 6) is 0.472. The zero-order valence-corrected chi connectivity index (χ0v) is 12.1. The van der Waals surface area contributed by atoms with Gasteiger partial charge in [-0.25, -0.2) is 0 Å². The van der Waals surface area contributed by atoms with Crippen molar-refractivity contribution in [2.45, 2.75) is 0 Å². The third kappa shape index (κ3) is 2.98. The Balaban J connectivity index is 2.35. The first kappa shape index (κ1) is 13.3. The van der Waals surface area contributed by atoms with Crippen molar-refractivity contribution in [1.29, 1.82) is 0 Å². The van der Waals surface area contributed by atoms with Crippen molar-refractivity contribution in [3.05, 3.63) is 50.6 Å². The molecule has 1 aromatic heterocycles. The average Bonchev–Trinajstić information content (AvgIpc) is 2.90. The van der Waals surface area contributed by atoms with E-state index >= 15 is 0 Å². The molecule has 1 heterocycles. The molecular formula is C13H11BrO3S. The van der Waals surface area contributed by atoms with Crippen molar-refractivity contribution in [2.75, 3.05) is 13.9 Å². The van der Waals surface area contributed by atoms with Crippen LogP contribution in [-0.2, 0) is 4.74 Å². The molecule has 2 aromatic rings. The van der Waals surface area contributed by atoms with Crippen molar-refractivity contribution in [2.24, 2.45) is 0 Å². The highest BCUT2D eigenvalue weighted by Gasteiger charge is 2.15. The normalized spacial score (nSPS) is 10.3. The predicted molar refractivity (Wildman–Crippen MR) is 74.4 cm³/mol. The van der Waals surface area contributed by atoms with Gasteiger partial charge in [0.15, 0.2) is 12.6 Å². The van der Waals surface area contributed by atoms with Crippen LogP contribution in [0.1, 0.15) is 15.9 Å². The second kappa shape index (κ2) is 6.13. The van der Waals surface area contributed by atoms with Crippen LogP contribution in [0.15, 0.2) is 39.5 Å². The Bertz CT molecular complexity index is 537. The number of methoxy groups -OCH3 is 1. The smallest absolute Gasteiger partial charge is 0.197 e. The molecule has 0 aliphatic rings. The van der Waals surface area contributed by atoms with E-state index in [9.17, 15) is 4.79 Å². The number of hydrogen-bond donors (Lipinski definition) is 0. The molecule has 0 radical (unpaired) electrons. The third-order valence-corrected chi connectivity index (χ3v) is 3.48. The highest BCUT2D eigenvalue weighted by molar-refractivity contribution is 9.10. The van der Waals surface area contributed by atoms with E-state index in [1.165, 1.54) is 11.3 Å². The molecule has 94 valence electrons. The maximum Gasteiger partial charge on any atom is 0.197 e. The Morgan fingerprint density at radius 1 is 1.39 bits per heavy atom. The molecule has 3 nitrogen and oxygen atoms in total.